The predicted octanol–water partition coefficient (Wildman–Crippen LogP) is 3.17. The molecule has 0 saturated heterocycles. The van der Waals surface area contributed by atoms with Crippen molar-refractivity contribution in [3.8, 4) is 22.9 Å². The van der Waals surface area contributed by atoms with Crippen molar-refractivity contribution in [2.24, 2.45) is 0 Å². The first-order valence-corrected chi connectivity index (χ1v) is 10.7. The third-order valence-electron chi connectivity index (χ3n) is 4.03. The highest BCUT2D eigenvalue weighted by atomic mass is 35.5. The zero-order valence-electron chi connectivity index (χ0n) is 16.2. The van der Waals surface area contributed by atoms with Gasteiger partial charge < -0.3 is 18.7 Å². The molecule has 0 spiro atoms. The fourth-order valence-corrected chi connectivity index (χ4v) is 3.34. The lowest BCUT2D eigenvalue weighted by Crippen LogP contribution is -2.08. The Morgan fingerprint density at radius 1 is 1.13 bits per heavy atom. The van der Waals surface area contributed by atoms with Gasteiger partial charge in [0.25, 0.3) is 5.89 Å². The van der Waals surface area contributed by atoms with Crippen LogP contribution in [0.25, 0.3) is 11.4 Å². The molecule has 3 rings (SSSR count). The van der Waals surface area contributed by atoms with Crippen molar-refractivity contribution in [3.63, 3.8) is 0 Å². The fourth-order valence-electron chi connectivity index (χ4n) is 2.50. The average molecular weight is 453 g/mol. The van der Waals surface area contributed by atoms with E-state index in [0.29, 0.717) is 17.1 Å². The second kappa shape index (κ2) is 8.72. The molecule has 1 aromatic heterocycles. The van der Waals surface area contributed by atoms with Crippen LogP contribution in [0.3, 0.4) is 0 Å². The first-order chi connectivity index (χ1) is 14.2. The number of hydrogen-bond acceptors (Lipinski definition) is 9. The Balaban J connectivity index is 1.76. The van der Waals surface area contributed by atoms with Crippen molar-refractivity contribution in [3.05, 3.63) is 52.9 Å². The summed E-state index contributed by atoms with van der Waals surface area (Å²) in [5.41, 5.74) is 0.472. The summed E-state index contributed by atoms with van der Waals surface area (Å²) in [6.45, 7) is -0.330. The van der Waals surface area contributed by atoms with Crippen molar-refractivity contribution in [1.82, 2.24) is 10.1 Å². The van der Waals surface area contributed by atoms with Crippen LogP contribution in [0.15, 0.2) is 45.8 Å². The normalized spacial score (nSPS) is 11.2. The monoisotopic (exact) mass is 452 g/mol. The Hall–Kier alpha value is -3.11. The van der Waals surface area contributed by atoms with E-state index in [1.807, 2.05) is 0 Å². The van der Waals surface area contributed by atoms with Gasteiger partial charge in [0.2, 0.25) is 5.82 Å². The number of benzene rings is 2. The van der Waals surface area contributed by atoms with Gasteiger partial charge in [-0.25, -0.2) is 13.2 Å². The van der Waals surface area contributed by atoms with Gasteiger partial charge in [0.05, 0.1) is 35.3 Å². The van der Waals surface area contributed by atoms with Crippen molar-refractivity contribution < 1.29 is 31.9 Å². The maximum Gasteiger partial charge on any atom is 0.340 e. The molecular weight excluding hydrogens is 436 g/mol. The molecule has 0 amide bonds. The van der Waals surface area contributed by atoms with E-state index in [-0.39, 0.29) is 33.8 Å². The molecule has 9 nitrogen and oxygen atoms in total. The number of rotatable bonds is 7. The smallest absolute Gasteiger partial charge is 0.340 e. The Bertz CT molecular complexity index is 1190. The molecule has 2 aromatic carbocycles. The quantitative estimate of drug-likeness (QED) is 0.498. The molecule has 0 radical (unpaired) electrons. The number of hydrogen-bond donors (Lipinski definition) is 0. The first kappa shape index (κ1) is 21.6. The van der Waals surface area contributed by atoms with Gasteiger partial charge in [-0.1, -0.05) is 16.8 Å². The molecule has 0 aliphatic carbocycles. The van der Waals surface area contributed by atoms with Crippen LogP contribution < -0.4 is 9.47 Å². The van der Waals surface area contributed by atoms with Crippen LogP contribution in [-0.2, 0) is 21.2 Å². The lowest BCUT2D eigenvalue weighted by Gasteiger charge is -2.07. The van der Waals surface area contributed by atoms with Crippen LogP contribution in [0.2, 0.25) is 5.02 Å². The highest BCUT2D eigenvalue weighted by molar-refractivity contribution is 7.90. The molecule has 0 saturated carbocycles. The van der Waals surface area contributed by atoms with E-state index in [4.69, 9.17) is 30.3 Å². The van der Waals surface area contributed by atoms with E-state index in [1.54, 1.807) is 18.2 Å². The van der Waals surface area contributed by atoms with Crippen LogP contribution in [-0.4, -0.2) is 45.0 Å². The highest BCUT2D eigenvalue weighted by Gasteiger charge is 2.19. The molecule has 11 heteroatoms. The molecule has 0 atom stereocenters. The lowest BCUT2D eigenvalue weighted by molar-refractivity contribution is 0.0429. The number of halogens is 1. The molecule has 3 aromatic rings. The number of carbonyl (C=O) groups is 1. The largest absolute Gasteiger partial charge is 0.497 e. The summed E-state index contributed by atoms with van der Waals surface area (Å²) < 4.78 is 44.1. The molecular formula is C19H17ClN2O7S. The number of esters is 1. The Morgan fingerprint density at radius 3 is 2.57 bits per heavy atom. The fraction of sp³-hybridized carbons (Fsp3) is 0.211. The maximum absolute atomic E-state index is 12.3. The van der Waals surface area contributed by atoms with Crippen molar-refractivity contribution in [1.29, 1.82) is 0 Å². The molecule has 0 aliphatic heterocycles. The van der Waals surface area contributed by atoms with Gasteiger partial charge in [0, 0.05) is 12.3 Å². The third-order valence-corrected chi connectivity index (χ3v) is 5.47. The zero-order valence-corrected chi connectivity index (χ0v) is 17.8. The summed E-state index contributed by atoms with van der Waals surface area (Å²) in [5.74, 6) is 0.515. The number of carbonyl (C=O) groups excluding carboxylic acids is 1. The lowest BCUT2D eigenvalue weighted by atomic mass is 10.2. The summed E-state index contributed by atoms with van der Waals surface area (Å²) in [6.07, 6.45) is 1.03. The summed E-state index contributed by atoms with van der Waals surface area (Å²) in [6, 6.07) is 8.86. The minimum Gasteiger partial charge on any atom is -0.497 e. The summed E-state index contributed by atoms with van der Waals surface area (Å²) in [5, 5.41) is 3.92. The van der Waals surface area contributed by atoms with Crippen molar-refractivity contribution in [2.45, 2.75) is 11.5 Å². The van der Waals surface area contributed by atoms with Gasteiger partial charge in [-0.15, -0.1) is 0 Å². The van der Waals surface area contributed by atoms with Gasteiger partial charge in [0.15, 0.2) is 16.4 Å². The van der Waals surface area contributed by atoms with Crippen LogP contribution >= 0.6 is 11.6 Å². The van der Waals surface area contributed by atoms with Gasteiger partial charge >= 0.3 is 5.97 Å². The van der Waals surface area contributed by atoms with E-state index < -0.39 is 15.8 Å². The molecule has 158 valence electrons. The minimum atomic E-state index is -3.51. The second-order valence-electron chi connectivity index (χ2n) is 6.07. The number of ether oxygens (including phenoxy) is 3. The van der Waals surface area contributed by atoms with Gasteiger partial charge in [-0.3, -0.25) is 0 Å². The number of methoxy groups -OCH3 is 2. The third kappa shape index (κ3) is 4.71. The summed E-state index contributed by atoms with van der Waals surface area (Å²) in [7, 11) is -0.480. The number of aromatic nitrogens is 2. The Morgan fingerprint density at radius 2 is 1.90 bits per heavy atom. The highest BCUT2D eigenvalue weighted by Crippen LogP contribution is 2.31. The minimum absolute atomic E-state index is 0.0339. The second-order valence-corrected chi connectivity index (χ2v) is 8.49. The van der Waals surface area contributed by atoms with E-state index in [9.17, 15) is 13.2 Å². The average Bonchev–Trinajstić information content (AvgIpc) is 3.19. The molecule has 1 heterocycles. The number of nitrogens with zero attached hydrogens (tertiary/aromatic N) is 2. The van der Waals surface area contributed by atoms with Crippen LogP contribution in [0, 0.1) is 0 Å². The maximum atomic E-state index is 12.3. The Kier molecular flexibility index (Phi) is 6.28. The molecule has 0 N–H and O–H groups in total. The molecule has 0 aliphatic rings. The van der Waals surface area contributed by atoms with Crippen LogP contribution in [0.5, 0.6) is 11.5 Å². The van der Waals surface area contributed by atoms with Crippen molar-refractivity contribution in [2.75, 3.05) is 20.5 Å². The van der Waals surface area contributed by atoms with Crippen LogP contribution in [0.1, 0.15) is 16.2 Å². The molecule has 30 heavy (non-hydrogen) atoms. The van der Waals surface area contributed by atoms with Gasteiger partial charge in [-0.2, -0.15) is 4.98 Å². The molecule has 0 unspecified atom stereocenters. The standard InChI is InChI=1S/C19H17ClN2O7S/c1-26-11-4-6-13(16(8-11)27-2)18-21-17(29-22-18)10-28-19(23)14-9-12(30(3,24)25)5-7-15(14)20/h4-9H,10H2,1-3H3. The van der Waals surface area contributed by atoms with Gasteiger partial charge in [-0.05, 0) is 30.3 Å². The number of sulfone groups is 1. The Labute approximate surface area is 177 Å². The SMILES string of the molecule is COc1ccc(-c2noc(COC(=O)c3cc(S(C)(=O)=O)ccc3Cl)n2)c(OC)c1. The molecule has 0 bridgehead atoms. The zero-order chi connectivity index (χ0) is 21.9. The van der Waals surface area contributed by atoms with Gasteiger partial charge in [0.1, 0.15) is 11.5 Å². The summed E-state index contributed by atoms with van der Waals surface area (Å²) >= 11 is 5.99. The first-order valence-electron chi connectivity index (χ1n) is 8.44. The van der Waals surface area contributed by atoms with Crippen LogP contribution in [0.4, 0.5) is 0 Å². The topological polar surface area (TPSA) is 118 Å². The van der Waals surface area contributed by atoms with E-state index in [2.05, 4.69) is 10.1 Å². The molecule has 0 fully saturated rings. The van der Waals surface area contributed by atoms with E-state index >= 15 is 0 Å². The predicted molar refractivity (Wildman–Crippen MR) is 107 cm³/mol. The summed E-state index contributed by atoms with van der Waals surface area (Å²) in [4.78, 5) is 16.5. The van der Waals surface area contributed by atoms with Crippen molar-refractivity contribution >= 4 is 27.4 Å². The van der Waals surface area contributed by atoms with E-state index in [0.717, 1.165) is 12.3 Å². The van der Waals surface area contributed by atoms with E-state index in [1.165, 1.54) is 26.4 Å².